The summed E-state index contributed by atoms with van der Waals surface area (Å²) < 4.78 is 16.5. The van der Waals surface area contributed by atoms with Crippen molar-refractivity contribution in [2.75, 3.05) is 73.7 Å². The Morgan fingerprint density at radius 2 is 1.67 bits per heavy atom. The predicted molar refractivity (Wildman–Crippen MR) is 145 cm³/mol. The standard InChI is InChI=1S/C24H41N5O3.HI/c1-6-25-24(26-10-11-28(7-2)20-8-9-20)29-14-12-27(13-15-29)18-19-16-21(30-3)23(32-5)22(17-19)31-4;/h16-17,20H,6-15,18H2,1-5H3,(H,25,26);1H. The minimum absolute atomic E-state index is 0. The molecule has 1 aliphatic heterocycles. The molecule has 0 bridgehead atoms. The Bertz CT molecular complexity index is 727. The minimum Gasteiger partial charge on any atom is -0.493 e. The van der Waals surface area contributed by atoms with E-state index in [0.717, 1.165) is 76.5 Å². The summed E-state index contributed by atoms with van der Waals surface area (Å²) in [6.45, 7) is 13.1. The molecule has 1 aromatic rings. The third-order valence-corrected chi connectivity index (χ3v) is 6.26. The van der Waals surface area contributed by atoms with Gasteiger partial charge in [0.2, 0.25) is 5.75 Å². The van der Waals surface area contributed by atoms with E-state index in [1.54, 1.807) is 21.3 Å². The molecule has 1 saturated carbocycles. The Morgan fingerprint density at radius 3 is 2.15 bits per heavy atom. The number of likely N-dealkylation sites (N-methyl/N-ethyl adjacent to an activating group) is 1. The van der Waals surface area contributed by atoms with Crippen LogP contribution in [0.5, 0.6) is 17.2 Å². The molecule has 2 fully saturated rings. The molecule has 1 saturated heterocycles. The maximum absolute atomic E-state index is 5.51. The van der Waals surface area contributed by atoms with Gasteiger partial charge in [-0.1, -0.05) is 6.92 Å². The Morgan fingerprint density at radius 1 is 1.03 bits per heavy atom. The van der Waals surface area contributed by atoms with Crippen molar-refractivity contribution in [3.63, 3.8) is 0 Å². The lowest BCUT2D eigenvalue weighted by Crippen LogP contribution is -2.52. The van der Waals surface area contributed by atoms with E-state index in [1.807, 2.05) is 12.1 Å². The number of hydrogen-bond acceptors (Lipinski definition) is 6. The number of rotatable bonds is 11. The van der Waals surface area contributed by atoms with Gasteiger partial charge in [-0.05, 0) is 44.0 Å². The molecule has 33 heavy (non-hydrogen) atoms. The maximum atomic E-state index is 5.51. The van der Waals surface area contributed by atoms with Crippen LogP contribution in [0.1, 0.15) is 32.3 Å². The van der Waals surface area contributed by atoms with Gasteiger partial charge >= 0.3 is 0 Å². The van der Waals surface area contributed by atoms with Crippen molar-refractivity contribution in [3.8, 4) is 17.2 Å². The molecule has 3 rings (SSSR count). The van der Waals surface area contributed by atoms with E-state index in [0.29, 0.717) is 17.2 Å². The van der Waals surface area contributed by atoms with Crippen molar-refractivity contribution >= 4 is 29.9 Å². The number of nitrogens with one attached hydrogen (secondary N) is 1. The number of halogens is 1. The van der Waals surface area contributed by atoms with Crippen molar-refractivity contribution in [3.05, 3.63) is 17.7 Å². The molecule has 9 heteroatoms. The number of aliphatic imine (C=N–C) groups is 1. The number of benzene rings is 1. The summed E-state index contributed by atoms with van der Waals surface area (Å²) in [5, 5.41) is 3.49. The van der Waals surface area contributed by atoms with Gasteiger partial charge in [-0.3, -0.25) is 14.8 Å². The second-order valence-corrected chi connectivity index (χ2v) is 8.39. The molecule has 1 aromatic carbocycles. The van der Waals surface area contributed by atoms with Gasteiger partial charge in [0.15, 0.2) is 17.5 Å². The van der Waals surface area contributed by atoms with E-state index >= 15 is 0 Å². The Hall–Kier alpha value is -1.46. The highest BCUT2D eigenvalue weighted by Crippen LogP contribution is 2.38. The summed E-state index contributed by atoms with van der Waals surface area (Å²) >= 11 is 0. The van der Waals surface area contributed by atoms with Gasteiger partial charge in [0.05, 0.1) is 27.9 Å². The zero-order valence-electron chi connectivity index (χ0n) is 20.9. The average Bonchev–Trinajstić information content (AvgIpc) is 3.66. The Balaban J connectivity index is 0.00000385. The summed E-state index contributed by atoms with van der Waals surface area (Å²) in [5.41, 5.74) is 1.16. The first-order valence-electron chi connectivity index (χ1n) is 11.9. The summed E-state index contributed by atoms with van der Waals surface area (Å²) in [4.78, 5) is 12.3. The smallest absolute Gasteiger partial charge is 0.203 e. The van der Waals surface area contributed by atoms with E-state index in [4.69, 9.17) is 19.2 Å². The van der Waals surface area contributed by atoms with Crippen LogP contribution < -0.4 is 19.5 Å². The molecule has 2 aliphatic rings. The zero-order valence-corrected chi connectivity index (χ0v) is 23.3. The van der Waals surface area contributed by atoms with Crippen LogP contribution in [0.4, 0.5) is 0 Å². The fourth-order valence-electron chi connectivity index (χ4n) is 4.35. The Labute approximate surface area is 216 Å². The summed E-state index contributed by atoms with van der Waals surface area (Å²) in [5.74, 6) is 3.09. The quantitative estimate of drug-likeness (QED) is 0.248. The van der Waals surface area contributed by atoms with Gasteiger partial charge in [-0.25, -0.2) is 0 Å². The number of ether oxygens (including phenoxy) is 3. The van der Waals surface area contributed by atoms with Crippen molar-refractivity contribution in [2.45, 2.75) is 39.3 Å². The van der Waals surface area contributed by atoms with E-state index in [2.05, 4.69) is 33.9 Å². The summed E-state index contributed by atoms with van der Waals surface area (Å²) in [6, 6.07) is 4.88. The van der Waals surface area contributed by atoms with Crippen LogP contribution in [-0.4, -0.2) is 100 Å². The molecule has 0 aromatic heterocycles. The zero-order chi connectivity index (χ0) is 22.9. The average molecular weight is 576 g/mol. The van der Waals surface area contributed by atoms with Crippen molar-refractivity contribution in [1.82, 2.24) is 20.0 Å². The second-order valence-electron chi connectivity index (χ2n) is 8.39. The van der Waals surface area contributed by atoms with Gasteiger partial charge in [-0.2, -0.15) is 0 Å². The molecule has 188 valence electrons. The Kier molecular flexibility index (Phi) is 11.8. The topological polar surface area (TPSA) is 61.8 Å². The lowest BCUT2D eigenvalue weighted by Gasteiger charge is -2.36. The largest absolute Gasteiger partial charge is 0.493 e. The van der Waals surface area contributed by atoms with Crippen LogP contribution >= 0.6 is 24.0 Å². The minimum atomic E-state index is 0. The molecular weight excluding hydrogens is 533 g/mol. The number of methoxy groups -OCH3 is 3. The van der Waals surface area contributed by atoms with Crippen molar-refractivity contribution in [2.24, 2.45) is 4.99 Å². The lowest BCUT2D eigenvalue weighted by molar-refractivity contribution is 0.172. The first-order valence-corrected chi connectivity index (χ1v) is 11.9. The monoisotopic (exact) mass is 575 g/mol. The second kappa shape index (κ2) is 14.1. The highest BCUT2D eigenvalue weighted by molar-refractivity contribution is 14.0. The van der Waals surface area contributed by atoms with Crippen molar-refractivity contribution < 1.29 is 14.2 Å². The molecule has 8 nitrogen and oxygen atoms in total. The van der Waals surface area contributed by atoms with E-state index < -0.39 is 0 Å². The number of piperazine rings is 1. The van der Waals surface area contributed by atoms with Crippen LogP contribution in [0.25, 0.3) is 0 Å². The first kappa shape index (κ1) is 27.8. The molecule has 0 unspecified atom stereocenters. The lowest BCUT2D eigenvalue weighted by atomic mass is 10.1. The molecule has 1 N–H and O–H groups in total. The summed E-state index contributed by atoms with van der Waals surface area (Å²) in [6.07, 6.45) is 2.71. The van der Waals surface area contributed by atoms with Crippen LogP contribution in [-0.2, 0) is 6.54 Å². The molecule has 0 amide bonds. The van der Waals surface area contributed by atoms with Crippen LogP contribution in [0, 0.1) is 0 Å². The third kappa shape index (κ3) is 7.78. The summed E-state index contributed by atoms with van der Waals surface area (Å²) in [7, 11) is 4.95. The SMILES string of the molecule is CCNC(=NCCN(CC)C1CC1)N1CCN(Cc2cc(OC)c(OC)c(OC)c2)CC1.I. The molecular formula is C24H42IN5O3. The maximum Gasteiger partial charge on any atom is 0.203 e. The molecule has 1 heterocycles. The van der Waals surface area contributed by atoms with Crippen molar-refractivity contribution in [1.29, 1.82) is 0 Å². The fourth-order valence-corrected chi connectivity index (χ4v) is 4.35. The fraction of sp³-hybridized carbons (Fsp3) is 0.708. The number of nitrogens with zero attached hydrogens (tertiary/aromatic N) is 4. The van der Waals surface area contributed by atoms with E-state index in [1.165, 1.54) is 12.8 Å². The van der Waals surface area contributed by atoms with Crippen LogP contribution in [0.2, 0.25) is 0 Å². The van der Waals surface area contributed by atoms with Gasteiger partial charge in [0.25, 0.3) is 0 Å². The molecule has 0 radical (unpaired) electrons. The number of hydrogen-bond donors (Lipinski definition) is 1. The molecule has 0 spiro atoms. The first-order chi connectivity index (χ1) is 15.6. The van der Waals surface area contributed by atoms with E-state index in [-0.39, 0.29) is 24.0 Å². The van der Waals surface area contributed by atoms with Gasteiger partial charge in [-0.15, -0.1) is 24.0 Å². The van der Waals surface area contributed by atoms with Gasteiger partial charge in [0.1, 0.15) is 0 Å². The predicted octanol–water partition coefficient (Wildman–Crippen LogP) is 2.90. The van der Waals surface area contributed by atoms with E-state index in [9.17, 15) is 0 Å². The number of guanidine groups is 1. The normalized spacial score (nSPS) is 17.0. The molecule has 0 atom stereocenters. The highest BCUT2D eigenvalue weighted by atomic mass is 127. The van der Waals surface area contributed by atoms with Crippen LogP contribution in [0.15, 0.2) is 17.1 Å². The molecule has 1 aliphatic carbocycles. The van der Waals surface area contributed by atoms with Crippen LogP contribution in [0.3, 0.4) is 0 Å². The third-order valence-electron chi connectivity index (χ3n) is 6.26. The van der Waals surface area contributed by atoms with Gasteiger partial charge in [0, 0.05) is 51.9 Å². The highest BCUT2D eigenvalue weighted by Gasteiger charge is 2.27. The van der Waals surface area contributed by atoms with Gasteiger partial charge < -0.3 is 24.4 Å².